The van der Waals surface area contributed by atoms with Crippen LogP contribution >= 0.6 is 0 Å². The van der Waals surface area contributed by atoms with E-state index in [2.05, 4.69) is 17.6 Å². The maximum Gasteiger partial charge on any atom is 0.306 e. The van der Waals surface area contributed by atoms with Gasteiger partial charge in [0.2, 0.25) is 5.91 Å². The minimum Gasteiger partial charge on any atom is -0.481 e. The standard InChI is InChI=1S/C16H28N2O3/c1-2-8-16(9-3-10-17-11-16)15(21)18-13-6-4-12(5-7-13)14(19)20/h12-13,17H,2-11H2,1H3,(H,18,21)(H,19,20). The van der Waals surface area contributed by atoms with Gasteiger partial charge in [0.05, 0.1) is 11.3 Å². The fourth-order valence-corrected chi connectivity index (χ4v) is 3.79. The predicted octanol–water partition coefficient (Wildman–Crippen LogP) is 1.92. The summed E-state index contributed by atoms with van der Waals surface area (Å²) < 4.78 is 0. The monoisotopic (exact) mass is 296 g/mol. The number of carboxylic acid groups (broad SMARTS) is 1. The summed E-state index contributed by atoms with van der Waals surface area (Å²) in [6.07, 6.45) is 6.90. The Labute approximate surface area is 126 Å². The van der Waals surface area contributed by atoms with Crippen LogP contribution in [0.1, 0.15) is 58.3 Å². The van der Waals surface area contributed by atoms with Gasteiger partial charge in [-0.25, -0.2) is 0 Å². The number of carbonyl (C=O) groups is 2. The van der Waals surface area contributed by atoms with Crippen LogP contribution < -0.4 is 10.6 Å². The van der Waals surface area contributed by atoms with Gasteiger partial charge in [0.25, 0.3) is 0 Å². The lowest BCUT2D eigenvalue weighted by atomic mass is 9.75. The summed E-state index contributed by atoms with van der Waals surface area (Å²) in [7, 11) is 0. The molecule has 1 amide bonds. The third kappa shape index (κ3) is 3.96. The minimum atomic E-state index is -0.696. The number of amides is 1. The Morgan fingerprint density at radius 1 is 1.29 bits per heavy atom. The van der Waals surface area contributed by atoms with Crippen LogP contribution in [-0.4, -0.2) is 36.1 Å². The molecule has 0 aromatic rings. The number of nitrogens with one attached hydrogen (secondary N) is 2. The SMILES string of the molecule is CCCC1(C(=O)NC2CCC(C(=O)O)CC2)CCCNC1. The molecular formula is C16H28N2O3. The molecule has 0 spiro atoms. The third-order valence-corrected chi connectivity index (χ3v) is 5.09. The van der Waals surface area contributed by atoms with Gasteiger partial charge in [-0.1, -0.05) is 13.3 Å². The second-order valence-corrected chi connectivity index (χ2v) is 6.67. The number of hydrogen-bond donors (Lipinski definition) is 3. The molecule has 0 aromatic carbocycles. The number of aliphatic carboxylic acids is 1. The normalized spacial score (nSPS) is 33.4. The largest absolute Gasteiger partial charge is 0.481 e. The van der Waals surface area contributed by atoms with Crippen molar-refractivity contribution in [1.29, 1.82) is 0 Å². The van der Waals surface area contributed by atoms with E-state index in [0.29, 0.717) is 12.8 Å². The predicted molar refractivity (Wildman–Crippen MR) is 81.0 cm³/mol. The van der Waals surface area contributed by atoms with Gasteiger partial charge in [0, 0.05) is 12.6 Å². The first kappa shape index (κ1) is 16.3. The van der Waals surface area contributed by atoms with Gasteiger partial charge in [-0.15, -0.1) is 0 Å². The smallest absolute Gasteiger partial charge is 0.306 e. The van der Waals surface area contributed by atoms with E-state index in [4.69, 9.17) is 5.11 Å². The molecule has 2 fully saturated rings. The van der Waals surface area contributed by atoms with E-state index in [1.807, 2.05) is 0 Å². The highest BCUT2D eigenvalue weighted by molar-refractivity contribution is 5.83. The zero-order chi connectivity index (χ0) is 15.3. The van der Waals surface area contributed by atoms with Crippen molar-refractivity contribution in [2.24, 2.45) is 11.3 Å². The molecule has 1 unspecified atom stereocenters. The molecule has 5 heteroatoms. The first-order chi connectivity index (χ1) is 10.1. The first-order valence-electron chi connectivity index (χ1n) is 8.32. The van der Waals surface area contributed by atoms with Crippen molar-refractivity contribution in [1.82, 2.24) is 10.6 Å². The van der Waals surface area contributed by atoms with E-state index in [1.165, 1.54) is 0 Å². The maximum atomic E-state index is 12.7. The van der Waals surface area contributed by atoms with Crippen molar-refractivity contribution in [3.8, 4) is 0 Å². The van der Waals surface area contributed by atoms with Crippen LogP contribution in [0.15, 0.2) is 0 Å². The van der Waals surface area contributed by atoms with E-state index in [-0.39, 0.29) is 23.3 Å². The Hall–Kier alpha value is -1.10. The Kier molecular flexibility index (Phi) is 5.62. The molecule has 1 heterocycles. The van der Waals surface area contributed by atoms with Gasteiger partial charge in [-0.05, 0) is 51.5 Å². The molecule has 2 rings (SSSR count). The molecule has 1 saturated carbocycles. The van der Waals surface area contributed by atoms with Crippen LogP contribution in [0.5, 0.6) is 0 Å². The van der Waals surface area contributed by atoms with Gasteiger partial charge in [-0.2, -0.15) is 0 Å². The molecule has 0 aromatic heterocycles. The summed E-state index contributed by atoms with van der Waals surface area (Å²) in [5.41, 5.74) is -0.253. The number of piperidine rings is 1. The summed E-state index contributed by atoms with van der Waals surface area (Å²) in [4.78, 5) is 23.7. The molecule has 5 nitrogen and oxygen atoms in total. The summed E-state index contributed by atoms with van der Waals surface area (Å²) in [6.45, 7) is 3.90. The van der Waals surface area contributed by atoms with Crippen molar-refractivity contribution in [3.05, 3.63) is 0 Å². The highest BCUT2D eigenvalue weighted by atomic mass is 16.4. The lowest BCUT2D eigenvalue weighted by Crippen LogP contribution is -2.53. The summed E-state index contributed by atoms with van der Waals surface area (Å²) in [6, 6.07) is 0.156. The maximum absolute atomic E-state index is 12.7. The Morgan fingerprint density at radius 2 is 2.00 bits per heavy atom. The van der Waals surface area contributed by atoms with E-state index in [0.717, 1.165) is 51.6 Å². The zero-order valence-corrected chi connectivity index (χ0v) is 13.0. The summed E-state index contributed by atoms with van der Waals surface area (Å²) in [5.74, 6) is -0.742. The van der Waals surface area contributed by atoms with Crippen molar-refractivity contribution < 1.29 is 14.7 Å². The Morgan fingerprint density at radius 3 is 2.52 bits per heavy atom. The lowest BCUT2D eigenvalue weighted by molar-refractivity contribution is -0.143. The van der Waals surface area contributed by atoms with Crippen LogP contribution in [0.25, 0.3) is 0 Å². The topological polar surface area (TPSA) is 78.4 Å². The molecule has 1 aliphatic carbocycles. The fourth-order valence-electron chi connectivity index (χ4n) is 3.79. The van der Waals surface area contributed by atoms with Gasteiger partial charge in [-0.3, -0.25) is 9.59 Å². The van der Waals surface area contributed by atoms with Crippen LogP contribution in [0, 0.1) is 11.3 Å². The molecule has 21 heavy (non-hydrogen) atoms. The third-order valence-electron chi connectivity index (χ3n) is 5.09. The number of rotatable bonds is 5. The molecule has 0 bridgehead atoms. The minimum absolute atomic E-state index is 0.156. The zero-order valence-electron chi connectivity index (χ0n) is 13.0. The van der Waals surface area contributed by atoms with Gasteiger partial charge < -0.3 is 15.7 Å². The Balaban J connectivity index is 1.89. The van der Waals surface area contributed by atoms with Gasteiger partial charge >= 0.3 is 5.97 Å². The van der Waals surface area contributed by atoms with E-state index >= 15 is 0 Å². The number of carbonyl (C=O) groups excluding carboxylic acids is 1. The lowest BCUT2D eigenvalue weighted by Gasteiger charge is -2.38. The molecule has 2 aliphatic rings. The van der Waals surface area contributed by atoms with Crippen LogP contribution in [0.3, 0.4) is 0 Å². The molecule has 1 aliphatic heterocycles. The van der Waals surface area contributed by atoms with Crippen LogP contribution in [0.2, 0.25) is 0 Å². The molecule has 1 atom stereocenters. The average Bonchev–Trinajstić information content (AvgIpc) is 2.49. The second kappa shape index (κ2) is 7.25. The number of carboxylic acids is 1. The number of hydrogen-bond acceptors (Lipinski definition) is 3. The first-order valence-corrected chi connectivity index (χ1v) is 8.32. The second-order valence-electron chi connectivity index (χ2n) is 6.67. The van der Waals surface area contributed by atoms with Crippen molar-refractivity contribution >= 4 is 11.9 Å². The quantitative estimate of drug-likeness (QED) is 0.724. The Bertz CT molecular complexity index is 364. The van der Waals surface area contributed by atoms with E-state index in [9.17, 15) is 9.59 Å². The molecular weight excluding hydrogens is 268 g/mol. The van der Waals surface area contributed by atoms with Crippen molar-refractivity contribution in [2.75, 3.05) is 13.1 Å². The fraction of sp³-hybridized carbons (Fsp3) is 0.875. The van der Waals surface area contributed by atoms with Gasteiger partial charge in [0.15, 0.2) is 0 Å². The van der Waals surface area contributed by atoms with Crippen molar-refractivity contribution in [3.63, 3.8) is 0 Å². The molecule has 3 N–H and O–H groups in total. The van der Waals surface area contributed by atoms with Crippen LogP contribution in [-0.2, 0) is 9.59 Å². The van der Waals surface area contributed by atoms with Crippen molar-refractivity contribution in [2.45, 2.75) is 64.3 Å². The average molecular weight is 296 g/mol. The van der Waals surface area contributed by atoms with E-state index in [1.54, 1.807) is 0 Å². The summed E-state index contributed by atoms with van der Waals surface area (Å²) >= 11 is 0. The summed E-state index contributed by atoms with van der Waals surface area (Å²) in [5, 5.41) is 15.6. The molecule has 1 saturated heterocycles. The van der Waals surface area contributed by atoms with Gasteiger partial charge in [0.1, 0.15) is 0 Å². The van der Waals surface area contributed by atoms with Crippen LogP contribution in [0.4, 0.5) is 0 Å². The molecule has 120 valence electrons. The van der Waals surface area contributed by atoms with E-state index < -0.39 is 5.97 Å². The highest BCUT2D eigenvalue weighted by Gasteiger charge is 2.39. The highest BCUT2D eigenvalue weighted by Crippen LogP contribution is 2.33. The molecule has 0 radical (unpaired) electrons.